The van der Waals surface area contributed by atoms with E-state index in [9.17, 15) is 13.6 Å². The molecular weight excluding hydrogens is 392 g/mol. The number of fused-ring (bicyclic) bond motifs is 3. The first-order valence-corrected chi connectivity index (χ1v) is 8.95. The number of thiocarbonyl (C=S) groups is 1. The molecule has 1 aromatic carbocycles. The molecule has 0 aliphatic carbocycles. The van der Waals surface area contributed by atoms with E-state index >= 15 is 0 Å². The molecule has 1 fully saturated rings. The third-order valence-corrected chi connectivity index (χ3v) is 4.80. The van der Waals surface area contributed by atoms with Crippen LogP contribution >= 0.6 is 12.2 Å². The number of hydrogen-bond acceptors (Lipinski definition) is 6. The summed E-state index contributed by atoms with van der Waals surface area (Å²) in [5.74, 6) is 0.975. The Balaban J connectivity index is 1.68. The molecule has 2 aliphatic rings. The highest BCUT2D eigenvalue weighted by Gasteiger charge is 2.39. The number of amides is 1. The molecule has 1 saturated heterocycles. The summed E-state index contributed by atoms with van der Waals surface area (Å²) >= 11 is 5.08. The molecule has 1 amide bonds. The SMILES string of the molecule is NC(=O)CNc1ccc2c(c1)OCCn1cc(N3C(=S)OCC3C(F)F)nc1-2. The van der Waals surface area contributed by atoms with Crippen LogP contribution in [0.4, 0.5) is 20.3 Å². The third kappa shape index (κ3) is 3.33. The molecule has 28 heavy (non-hydrogen) atoms. The van der Waals surface area contributed by atoms with Gasteiger partial charge in [-0.1, -0.05) is 0 Å². The van der Waals surface area contributed by atoms with Crippen molar-refractivity contribution in [2.24, 2.45) is 5.73 Å². The van der Waals surface area contributed by atoms with E-state index in [-0.39, 0.29) is 18.3 Å². The van der Waals surface area contributed by atoms with Crippen LogP contribution in [0.2, 0.25) is 0 Å². The van der Waals surface area contributed by atoms with Crippen molar-refractivity contribution in [1.29, 1.82) is 0 Å². The number of imidazole rings is 1. The minimum atomic E-state index is -2.61. The Kier molecular flexibility index (Phi) is 4.75. The van der Waals surface area contributed by atoms with Gasteiger partial charge in [0.05, 0.1) is 18.7 Å². The lowest BCUT2D eigenvalue weighted by Crippen LogP contribution is -2.38. The molecule has 2 aliphatic heterocycles. The summed E-state index contributed by atoms with van der Waals surface area (Å²) in [7, 11) is 0. The van der Waals surface area contributed by atoms with E-state index in [1.54, 1.807) is 24.4 Å². The van der Waals surface area contributed by atoms with Crippen LogP contribution in [0.1, 0.15) is 0 Å². The molecule has 0 saturated carbocycles. The number of ether oxygens (including phenoxy) is 2. The van der Waals surface area contributed by atoms with Crippen molar-refractivity contribution in [3.63, 3.8) is 0 Å². The van der Waals surface area contributed by atoms with Crippen molar-refractivity contribution in [3.8, 4) is 17.1 Å². The van der Waals surface area contributed by atoms with E-state index in [1.807, 2.05) is 4.57 Å². The molecule has 4 rings (SSSR count). The van der Waals surface area contributed by atoms with Crippen molar-refractivity contribution < 1.29 is 23.0 Å². The molecule has 0 bridgehead atoms. The number of nitrogens with zero attached hydrogens (tertiary/aromatic N) is 3. The fourth-order valence-corrected chi connectivity index (χ4v) is 3.47. The standard InChI is InChI=1S/C17H17F2N5O3S/c18-15(19)11-8-27-17(28)24(11)14-7-23-3-4-26-12-5-9(21-6-13(20)25)1-2-10(12)16(23)22-14/h1-2,5,7,11,15,21H,3-4,6,8H2,(H2,20,25). The molecule has 8 nitrogen and oxygen atoms in total. The number of aromatic nitrogens is 2. The second kappa shape index (κ2) is 7.23. The maximum atomic E-state index is 13.3. The number of nitrogens with one attached hydrogen (secondary N) is 1. The number of rotatable bonds is 5. The van der Waals surface area contributed by atoms with Gasteiger partial charge in [-0.2, -0.15) is 0 Å². The van der Waals surface area contributed by atoms with Crippen molar-refractivity contribution in [2.45, 2.75) is 19.0 Å². The molecule has 0 radical (unpaired) electrons. The van der Waals surface area contributed by atoms with Gasteiger partial charge in [-0.15, -0.1) is 0 Å². The fraction of sp³-hybridized carbons (Fsp3) is 0.353. The molecule has 148 valence electrons. The molecule has 11 heteroatoms. The predicted octanol–water partition coefficient (Wildman–Crippen LogP) is 1.59. The molecule has 2 aromatic rings. The first-order valence-electron chi connectivity index (χ1n) is 8.55. The highest BCUT2D eigenvalue weighted by molar-refractivity contribution is 7.80. The average molecular weight is 409 g/mol. The first kappa shape index (κ1) is 18.4. The van der Waals surface area contributed by atoms with Crippen molar-refractivity contribution >= 4 is 34.8 Å². The Morgan fingerprint density at radius 2 is 2.25 bits per heavy atom. The van der Waals surface area contributed by atoms with Gasteiger partial charge in [-0.05, 0) is 24.4 Å². The highest BCUT2D eigenvalue weighted by Crippen LogP contribution is 2.36. The number of primary amides is 1. The Hall–Kier alpha value is -2.95. The van der Waals surface area contributed by atoms with Gasteiger partial charge in [-0.25, -0.2) is 13.8 Å². The monoisotopic (exact) mass is 409 g/mol. The Labute approximate surface area is 164 Å². The van der Waals surface area contributed by atoms with Crippen LogP contribution in [-0.4, -0.2) is 52.9 Å². The smallest absolute Gasteiger partial charge is 0.265 e. The van der Waals surface area contributed by atoms with E-state index in [2.05, 4.69) is 10.3 Å². The largest absolute Gasteiger partial charge is 0.491 e. The number of alkyl halides is 2. The number of nitrogens with two attached hydrogens (primary N) is 1. The second-order valence-electron chi connectivity index (χ2n) is 6.34. The average Bonchev–Trinajstić information content (AvgIpc) is 3.19. The lowest BCUT2D eigenvalue weighted by atomic mass is 10.1. The number of benzene rings is 1. The third-order valence-electron chi connectivity index (χ3n) is 4.49. The summed E-state index contributed by atoms with van der Waals surface area (Å²) in [6, 6.07) is 4.13. The summed E-state index contributed by atoms with van der Waals surface area (Å²) in [5.41, 5.74) is 6.52. The van der Waals surface area contributed by atoms with E-state index in [0.717, 1.165) is 0 Å². The maximum Gasteiger partial charge on any atom is 0.265 e. The maximum absolute atomic E-state index is 13.3. The zero-order valence-corrected chi connectivity index (χ0v) is 15.4. The minimum absolute atomic E-state index is 0.00101. The second-order valence-corrected chi connectivity index (χ2v) is 6.69. The Morgan fingerprint density at radius 3 is 3.00 bits per heavy atom. The van der Waals surface area contributed by atoms with Gasteiger partial charge < -0.3 is 25.1 Å². The number of carbonyl (C=O) groups excluding carboxylic acids is 1. The topological polar surface area (TPSA) is 94.6 Å². The van der Waals surface area contributed by atoms with Crippen LogP contribution < -0.4 is 20.7 Å². The summed E-state index contributed by atoms with van der Waals surface area (Å²) in [6.45, 7) is 0.683. The summed E-state index contributed by atoms with van der Waals surface area (Å²) < 4.78 is 39.4. The Bertz CT molecular complexity index is 936. The van der Waals surface area contributed by atoms with Crippen LogP contribution in [0.3, 0.4) is 0 Å². The van der Waals surface area contributed by atoms with E-state index in [1.165, 1.54) is 4.90 Å². The number of carbonyl (C=O) groups is 1. The fourth-order valence-electron chi connectivity index (χ4n) is 3.17. The predicted molar refractivity (Wildman–Crippen MR) is 102 cm³/mol. The van der Waals surface area contributed by atoms with Crippen LogP contribution in [0, 0.1) is 0 Å². The number of halogens is 2. The van der Waals surface area contributed by atoms with Gasteiger partial charge >= 0.3 is 0 Å². The molecule has 1 atom stereocenters. The molecular formula is C17H17F2N5O3S. The van der Waals surface area contributed by atoms with Crippen molar-refractivity contribution in [1.82, 2.24) is 9.55 Å². The molecule has 3 heterocycles. The van der Waals surface area contributed by atoms with Gasteiger partial charge in [0.1, 0.15) is 30.8 Å². The molecule has 0 spiro atoms. The zero-order valence-electron chi connectivity index (χ0n) is 14.6. The zero-order chi connectivity index (χ0) is 19.8. The van der Waals surface area contributed by atoms with Crippen molar-refractivity contribution in [3.05, 3.63) is 24.4 Å². The van der Waals surface area contributed by atoms with Gasteiger partial charge in [0.25, 0.3) is 11.6 Å². The lowest BCUT2D eigenvalue weighted by molar-refractivity contribution is -0.116. The van der Waals surface area contributed by atoms with Crippen LogP contribution in [0.15, 0.2) is 24.4 Å². The van der Waals surface area contributed by atoms with Gasteiger partial charge in [0, 0.05) is 18.0 Å². The van der Waals surface area contributed by atoms with Gasteiger partial charge in [0.2, 0.25) is 5.91 Å². The number of anilines is 2. The van der Waals surface area contributed by atoms with Crippen LogP contribution in [-0.2, 0) is 16.1 Å². The minimum Gasteiger partial charge on any atom is -0.491 e. The summed E-state index contributed by atoms with van der Waals surface area (Å²) in [6.07, 6.45) is -0.944. The first-order chi connectivity index (χ1) is 13.4. The molecule has 3 N–H and O–H groups in total. The summed E-state index contributed by atoms with van der Waals surface area (Å²) in [5, 5.41) is 2.89. The van der Waals surface area contributed by atoms with Gasteiger partial charge in [0.15, 0.2) is 5.82 Å². The van der Waals surface area contributed by atoms with Crippen molar-refractivity contribution in [2.75, 3.05) is 30.0 Å². The Morgan fingerprint density at radius 1 is 1.43 bits per heavy atom. The quantitative estimate of drug-likeness (QED) is 0.725. The van der Waals surface area contributed by atoms with Gasteiger partial charge in [-0.3, -0.25) is 9.69 Å². The van der Waals surface area contributed by atoms with E-state index < -0.39 is 18.4 Å². The highest BCUT2D eigenvalue weighted by atomic mass is 32.1. The molecule has 1 unspecified atom stereocenters. The molecule has 1 aromatic heterocycles. The summed E-state index contributed by atoms with van der Waals surface area (Å²) in [4.78, 5) is 16.7. The van der Waals surface area contributed by atoms with Crippen LogP contribution in [0.5, 0.6) is 5.75 Å². The van der Waals surface area contributed by atoms with E-state index in [0.29, 0.717) is 41.8 Å². The van der Waals surface area contributed by atoms with Crippen LogP contribution in [0.25, 0.3) is 11.4 Å². The van der Waals surface area contributed by atoms with E-state index in [4.69, 9.17) is 27.4 Å². The number of hydrogen-bond donors (Lipinski definition) is 2. The lowest BCUT2D eigenvalue weighted by Gasteiger charge is -2.19. The normalized spacial score (nSPS) is 18.2.